The summed E-state index contributed by atoms with van der Waals surface area (Å²) in [4.78, 5) is 22.9. The highest BCUT2D eigenvalue weighted by Gasteiger charge is 2.27. The zero-order chi connectivity index (χ0) is 13.4. The Hall–Kier alpha value is -2.30. The number of hydrogen-bond donors (Lipinski definition) is 2. The zero-order valence-electron chi connectivity index (χ0n) is 10.3. The van der Waals surface area contributed by atoms with Crippen LogP contribution in [0.5, 0.6) is 0 Å². The lowest BCUT2D eigenvalue weighted by Gasteiger charge is -2.23. The molecule has 1 atom stereocenters. The topological polar surface area (TPSA) is 71.3 Å². The number of fused-ring (bicyclic) bond motifs is 1. The quantitative estimate of drug-likeness (QED) is 0.823. The van der Waals surface area contributed by atoms with Crippen LogP contribution in [0.4, 0.5) is 4.79 Å². The van der Waals surface area contributed by atoms with E-state index in [-0.39, 0.29) is 11.8 Å². The number of carbonyl (C=O) groups excluding carboxylic acids is 1. The lowest BCUT2D eigenvalue weighted by molar-refractivity contribution is -0.122. The normalized spacial score (nSPS) is 19.4. The summed E-state index contributed by atoms with van der Waals surface area (Å²) in [6, 6.07) is 7.57. The Morgan fingerprint density at radius 3 is 2.89 bits per heavy atom. The largest absolute Gasteiger partial charge is 0.464 e. The molecule has 19 heavy (non-hydrogen) atoms. The summed E-state index contributed by atoms with van der Waals surface area (Å²) in [5.41, 5.74) is 0.734. The molecule has 1 aliphatic heterocycles. The average Bonchev–Trinajstić information content (AvgIpc) is 2.78. The van der Waals surface area contributed by atoms with E-state index in [0.29, 0.717) is 13.0 Å². The number of piperidine rings is 1. The first kappa shape index (κ1) is 11.8. The molecule has 0 bridgehead atoms. The van der Waals surface area contributed by atoms with E-state index < -0.39 is 6.09 Å². The predicted octanol–water partition coefficient (Wildman–Crippen LogP) is 2.16. The van der Waals surface area contributed by atoms with Gasteiger partial charge < -0.3 is 10.4 Å². The highest BCUT2D eigenvalue weighted by Crippen LogP contribution is 2.33. The molecule has 5 nitrogen and oxygen atoms in total. The molecule has 1 aliphatic rings. The Kier molecular flexibility index (Phi) is 2.74. The Morgan fingerprint density at radius 1 is 1.37 bits per heavy atom. The van der Waals surface area contributed by atoms with Crippen LogP contribution in [0.3, 0.4) is 0 Å². The number of carboxylic acid groups (broad SMARTS) is 1. The molecule has 1 aromatic heterocycles. The van der Waals surface area contributed by atoms with E-state index in [1.807, 2.05) is 24.3 Å². The number of nitrogens with one attached hydrogen (secondary N) is 1. The highest BCUT2D eigenvalue weighted by atomic mass is 16.4. The van der Waals surface area contributed by atoms with E-state index in [0.717, 1.165) is 22.9 Å². The van der Waals surface area contributed by atoms with Gasteiger partial charge in [-0.2, -0.15) is 0 Å². The Bertz CT molecular complexity index is 660. The predicted molar refractivity (Wildman–Crippen MR) is 70.3 cm³/mol. The van der Waals surface area contributed by atoms with Gasteiger partial charge in [0, 0.05) is 41.5 Å². The van der Waals surface area contributed by atoms with Crippen molar-refractivity contribution in [1.29, 1.82) is 0 Å². The number of amides is 1. The summed E-state index contributed by atoms with van der Waals surface area (Å²) in [7, 11) is 0. The molecule has 2 N–H and O–H groups in total. The fourth-order valence-corrected chi connectivity index (χ4v) is 2.77. The second-order valence-electron chi connectivity index (χ2n) is 4.79. The molecule has 0 aliphatic carbocycles. The fourth-order valence-electron chi connectivity index (χ4n) is 2.77. The van der Waals surface area contributed by atoms with Crippen LogP contribution in [-0.4, -0.2) is 28.2 Å². The van der Waals surface area contributed by atoms with Crippen molar-refractivity contribution in [2.24, 2.45) is 0 Å². The van der Waals surface area contributed by atoms with Gasteiger partial charge in [-0.05, 0) is 6.42 Å². The number of benzene rings is 1. The summed E-state index contributed by atoms with van der Waals surface area (Å²) in [6.07, 6.45) is 1.74. The van der Waals surface area contributed by atoms with E-state index in [1.54, 1.807) is 6.20 Å². The van der Waals surface area contributed by atoms with Gasteiger partial charge in [0.05, 0.1) is 0 Å². The van der Waals surface area contributed by atoms with E-state index >= 15 is 0 Å². The van der Waals surface area contributed by atoms with Gasteiger partial charge in [-0.15, -0.1) is 0 Å². The second kappa shape index (κ2) is 4.42. The van der Waals surface area contributed by atoms with Gasteiger partial charge >= 0.3 is 6.09 Å². The van der Waals surface area contributed by atoms with Gasteiger partial charge in [-0.25, -0.2) is 4.79 Å². The summed E-state index contributed by atoms with van der Waals surface area (Å²) in [5.74, 6) is -0.0526. The SMILES string of the molecule is O=C1CC(c2c3ccccc3cn2C(=O)O)CCN1. The average molecular weight is 258 g/mol. The molecule has 1 amide bonds. The molecule has 5 heteroatoms. The number of rotatable bonds is 1. The maximum atomic E-state index is 11.5. The molecule has 1 unspecified atom stereocenters. The molecule has 2 heterocycles. The van der Waals surface area contributed by atoms with Crippen molar-refractivity contribution in [2.45, 2.75) is 18.8 Å². The van der Waals surface area contributed by atoms with Crippen LogP contribution < -0.4 is 5.32 Å². The van der Waals surface area contributed by atoms with Crippen molar-refractivity contribution in [3.8, 4) is 0 Å². The maximum Gasteiger partial charge on any atom is 0.415 e. The third kappa shape index (κ3) is 1.97. The molecule has 1 aromatic carbocycles. The number of hydrogen-bond acceptors (Lipinski definition) is 2. The van der Waals surface area contributed by atoms with E-state index in [4.69, 9.17) is 0 Å². The van der Waals surface area contributed by atoms with Gasteiger partial charge in [0.1, 0.15) is 0 Å². The first-order chi connectivity index (χ1) is 9.16. The molecule has 1 fully saturated rings. The van der Waals surface area contributed by atoms with Crippen molar-refractivity contribution < 1.29 is 14.7 Å². The van der Waals surface area contributed by atoms with Crippen LogP contribution in [-0.2, 0) is 4.79 Å². The highest BCUT2D eigenvalue weighted by molar-refractivity contribution is 5.91. The third-order valence-electron chi connectivity index (χ3n) is 3.60. The van der Waals surface area contributed by atoms with Gasteiger partial charge in [-0.1, -0.05) is 24.3 Å². The van der Waals surface area contributed by atoms with Crippen LogP contribution in [0, 0.1) is 0 Å². The smallest absolute Gasteiger partial charge is 0.415 e. The van der Waals surface area contributed by atoms with E-state index in [1.165, 1.54) is 4.57 Å². The van der Waals surface area contributed by atoms with Crippen molar-refractivity contribution in [3.05, 3.63) is 36.2 Å². The van der Waals surface area contributed by atoms with Crippen molar-refractivity contribution in [1.82, 2.24) is 9.88 Å². The summed E-state index contributed by atoms with van der Waals surface area (Å²) in [6.45, 7) is 0.600. The minimum Gasteiger partial charge on any atom is -0.464 e. The lowest BCUT2D eigenvalue weighted by Crippen LogP contribution is -2.33. The Balaban J connectivity index is 2.16. The standard InChI is InChI=1S/C14H14N2O3/c17-12-7-9(5-6-15-12)13-11-4-2-1-3-10(11)8-16(13)14(18)19/h1-4,8-9H,5-7H2,(H,15,17)(H,18,19). The number of nitrogens with zero attached hydrogens (tertiary/aromatic N) is 1. The first-order valence-electron chi connectivity index (χ1n) is 6.27. The van der Waals surface area contributed by atoms with Gasteiger partial charge in [0.2, 0.25) is 5.91 Å². The summed E-state index contributed by atoms with van der Waals surface area (Å²) in [5, 5.41) is 13.9. The second-order valence-corrected chi connectivity index (χ2v) is 4.79. The van der Waals surface area contributed by atoms with Gasteiger partial charge in [-0.3, -0.25) is 9.36 Å². The third-order valence-corrected chi connectivity index (χ3v) is 3.60. The molecule has 3 rings (SSSR count). The Labute approximate surface area is 109 Å². The number of carbonyl (C=O) groups is 2. The van der Waals surface area contributed by atoms with Crippen LogP contribution in [0.15, 0.2) is 30.5 Å². The minimum absolute atomic E-state index is 0.0153. The molecular formula is C14H14N2O3. The molecular weight excluding hydrogens is 244 g/mol. The van der Waals surface area contributed by atoms with E-state index in [2.05, 4.69) is 5.32 Å². The summed E-state index contributed by atoms with van der Waals surface area (Å²) >= 11 is 0. The molecule has 0 saturated carbocycles. The molecule has 1 saturated heterocycles. The summed E-state index contributed by atoms with van der Waals surface area (Å²) < 4.78 is 1.26. The van der Waals surface area contributed by atoms with Crippen LogP contribution in [0.1, 0.15) is 24.5 Å². The van der Waals surface area contributed by atoms with Crippen LogP contribution >= 0.6 is 0 Å². The van der Waals surface area contributed by atoms with Gasteiger partial charge in [0.15, 0.2) is 0 Å². The molecule has 2 aromatic rings. The monoisotopic (exact) mass is 258 g/mol. The fraction of sp³-hybridized carbons (Fsp3) is 0.286. The van der Waals surface area contributed by atoms with E-state index in [9.17, 15) is 14.7 Å². The van der Waals surface area contributed by atoms with Crippen LogP contribution in [0.2, 0.25) is 0 Å². The first-order valence-corrected chi connectivity index (χ1v) is 6.27. The molecule has 98 valence electrons. The van der Waals surface area contributed by atoms with Crippen LogP contribution in [0.25, 0.3) is 10.8 Å². The molecule has 0 radical (unpaired) electrons. The van der Waals surface area contributed by atoms with Gasteiger partial charge in [0.25, 0.3) is 0 Å². The maximum absolute atomic E-state index is 11.5. The zero-order valence-corrected chi connectivity index (χ0v) is 10.3. The number of aromatic nitrogens is 1. The Morgan fingerprint density at radius 2 is 2.16 bits per heavy atom. The van der Waals surface area contributed by atoms with Crippen molar-refractivity contribution in [2.75, 3.05) is 6.54 Å². The van der Waals surface area contributed by atoms with Crippen molar-refractivity contribution in [3.63, 3.8) is 0 Å². The van der Waals surface area contributed by atoms with Crippen molar-refractivity contribution >= 4 is 22.8 Å². The molecule has 0 spiro atoms. The lowest BCUT2D eigenvalue weighted by atomic mass is 9.92. The minimum atomic E-state index is -1.00.